The van der Waals surface area contributed by atoms with Crippen LogP contribution >= 0.6 is 0 Å². The summed E-state index contributed by atoms with van der Waals surface area (Å²) >= 11 is 0. The van der Waals surface area contributed by atoms with Gasteiger partial charge < -0.3 is 4.90 Å². The van der Waals surface area contributed by atoms with Gasteiger partial charge in [0.25, 0.3) is 0 Å². The van der Waals surface area contributed by atoms with E-state index in [9.17, 15) is 4.39 Å². The van der Waals surface area contributed by atoms with Crippen molar-refractivity contribution in [2.24, 2.45) is 0 Å². The molecule has 0 saturated carbocycles. The van der Waals surface area contributed by atoms with Crippen LogP contribution in [0, 0.1) is 26.6 Å². The molecule has 0 bridgehead atoms. The van der Waals surface area contributed by atoms with Gasteiger partial charge in [-0.3, -0.25) is 0 Å². The molecule has 0 aliphatic rings. The number of halogens is 1. The fraction of sp³-hybridized carbons (Fsp3) is 0.500. The van der Waals surface area contributed by atoms with E-state index in [-0.39, 0.29) is 5.82 Å². The molecule has 0 spiro atoms. The highest BCUT2D eigenvalue weighted by molar-refractivity contribution is 5.68. The normalized spacial score (nSPS) is 10.6. The zero-order chi connectivity index (χ0) is 14.0. The van der Waals surface area contributed by atoms with Crippen LogP contribution in [0.2, 0.25) is 0 Å². The summed E-state index contributed by atoms with van der Waals surface area (Å²) in [6, 6.07) is 0. The minimum absolute atomic E-state index is 0.111. The van der Waals surface area contributed by atoms with Crippen molar-refractivity contribution in [3.63, 3.8) is 0 Å². The zero-order valence-corrected chi connectivity index (χ0v) is 12.4. The highest BCUT2D eigenvalue weighted by atomic mass is 19.1. The Bertz CT molecular complexity index is 445. The van der Waals surface area contributed by atoms with E-state index in [0.29, 0.717) is 5.56 Å². The molecule has 0 unspecified atom stereocenters. The molecular weight excluding hydrogens is 225 g/mol. The predicted molar refractivity (Wildman–Crippen MR) is 77.3 cm³/mol. The van der Waals surface area contributed by atoms with E-state index < -0.39 is 0 Å². The monoisotopic (exact) mass is 249 g/mol. The summed E-state index contributed by atoms with van der Waals surface area (Å²) in [4.78, 5) is 1.98. The summed E-state index contributed by atoms with van der Waals surface area (Å²) in [5.74, 6) is -0.111. The lowest BCUT2D eigenvalue weighted by Gasteiger charge is -2.25. The molecule has 0 saturated heterocycles. The number of hydrogen-bond acceptors (Lipinski definition) is 1. The van der Waals surface area contributed by atoms with E-state index >= 15 is 0 Å². The average molecular weight is 249 g/mol. The molecule has 0 fully saturated rings. The van der Waals surface area contributed by atoms with Gasteiger partial charge in [0.2, 0.25) is 0 Å². The Morgan fingerprint density at radius 3 is 2.11 bits per heavy atom. The van der Waals surface area contributed by atoms with E-state index in [1.54, 1.807) is 0 Å². The minimum Gasteiger partial charge on any atom is -0.375 e. The van der Waals surface area contributed by atoms with Gasteiger partial charge in [-0.25, -0.2) is 4.39 Å². The van der Waals surface area contributed by atoms with E-state index in [2.05, 4.69) is 20.4 Å². The molecule has 0 aliphatic carbocycles. The minimum atomic E-state index is -0.111. The first-order valence-electron chi connectivity index (χ1n) is 6.55. The molecule has 0 amide bonds. The highest BCUT2D eigenvalue weighted by Crippen LogP contribution is 2.31. The second kappa shape index (κ2) is 5.55. The van der Waals surface area contributed by atoms with Gasteiger partial charge in [0, 0.05) is 24.9 Å². The van der Waals surface area contributed by atoms with Gasteiger partial charge in [0.15, 0.2) is 0 Å². The van der Waals surface area contributed by atoms with Crippen LogP contribution in [0.4, 0.5) is 4.39 Å². The van der Waals surface area contributed by atoms with Crippen molar-refractivity contribution >= 4 is 5.70 Å². The van der Waals surface area contributed by atoms with Crippen LogP contribution in [0.3, 0.4) is 0 Å². The van der Waals surface area contributed by atoms with Crippen molar-refractivity contribution in [1.82, 2.24) is 4.90 Å². The largest absolute Gasteiger partial charge is 0.375 e. The number of rotatable bonds is 4. The van der Waals surface area contributed by atoms with Crippen LogP contribution < -0.4 is 0 Å². The summed E-state index contributed by atoms with van der Waals surface area (Å²) in [5, 5.41) is 0. The third kappa shape index (κ3) is 2.29. The van der Waals surface area contributed by atoms with Crippen molar-refractivity contribution in [2.75, 3.05) is 13.6 Å². The van der Waals surface area contributed by atoms with Gasteiger partial charge >= 0.3 is 0 Å². The molecule has 0 aromatic heterocycles. The standard InChI is InChI=1S/C16H24FN/c1-8-14-10(3)11(4)15(16(17)12(14)5)13(6)18(7)9-2/h6,8-9H2,1-5,7H3. The molecule has 2 heteroatoms. The molecule has 18 heavy (non-hydrogen) atoms. The molecule has 0 N–H and O–H groups in total. The van der Waals surface area contributed by atoms with Crippen LogP contribution in [0.25, 0.3) is 5.70 Å². The fourth-order valence-corrected chi connectivity index (χ4v) is 2.43. The van der Waals surface area contributed by atoms with Crippen molar-refractivity contribution in [1.29, 1.82) is 0 Å². The van der Waals surface area contributed by atoms with E-state index in [1.165, 1.54) is 5.56 Å². The van der Waals surface area contributed by atoms with E-state index in [0.717, 1.165) is 35.4 Å². The third-order valence-electron chi connectivity index (χ3n) is 3.97. The lowest BCUT2D eigenvalue weighted by Crippen LogP contribution is -2.18. The predicted octanol–water partition coefficient (Wildman–Crippen LogP) is 4.24. The van der Waals surface area contributed by atoms with Gasteiger partial charge in [-0.2, -0.15) is 0 Å². The summed E-state index contributed by atoms with van der Waals surface area (Å²) in [7, 11) is 1.94. The van der Waals surface area contributed by atoms with Crippen molar-refractivity contribution < 1.29 is 4.39 Å². The van der Waals surface area contributed by atoms with Crippen LogP contribution in [-0.4, -0.2) is 18.5 Å². The molecule has 100 valence electrons. The first kappa shape index (κ1) is 14.7. The third-order valence-corrected chi connectivity index (χ3v) is 3.97. The van der Waals surface area contributed by atoms with Crippen molar-refractivity contribution in [2.45, 2.75) is 41.0 Å². The molecule has 1 rings (SSSR count). The molecule has 0 atom stereocenters. The van der Waals surface area contributed by atoms with Gasteiger partial charge in [-0.05, 0) is 56.4 Å². The number of benzene rings is 1. The maximum Gasteiger partial charge on any atom is 0.135 e. The van der Waals surface area contributed by atoms with Crippen LogP contribution in [0.5, 0.6) is 0 Å². The SMILES string of the molecule is C=C(c1c(C)c(C)c(CC)c(C)c1F)N(C)CC. The molecule has 1 aromatic rings. The van der Waals surface area contributed by atoms with Gasteiger partial charge in [-0.15, -0.1) is 0 Å². The number of nitrogens with zero attached hydrogens (tertiary/aromatic N) is 1. The maximum atomic E-state index is 14.5. The van der Waals surface area contributed by atoms with E-state index in [4.69, 9.17) is 0 Å². The maximum absolute atomic E-state index is 14.5. The molecule has 1 nitrogen and oxygen atoms in total. The Labute approximate surface area is 110 Å². The Morgan fingerprint density at radius 2 is 1.67 bits per heavy atom. The second-order valence-corrected chi connectivity index (χ2v) is 4.86. The lowest BCUT2D eigenvalue weighted by atomic mass is 9.90. The molecule has 0 radical (unpaired) electrons. The van der Waals surface area contributed by atoms with Crippen LogP contribution in [-0.2, 0) is 6.42 Å². The van der Waals surface area contributed by atoms with Crippen molar-refractivity contribution in [3.8, 4) is 0 Å². The summed E-state index contributed by atoms with van der Waals surface area (Å²) in [6.07, 6.45) is 0.867. The van der Waals surface area contributed by atoms with Crippen molar-refractivity contribution in [3.05, 3.63) is 40.2 Å². The Morgan fingerprint density at radius 1 is 1.11 bits per heavy atom. The first-order valence-corrected chi connectivity index (χ1v) is 6.55. The Balaban J connectivity index is 3.52. The van der Waals surface area contributed by atoms with Gasteiger partial charge in [-0.1, -0.05) is 13.5 Å². The average Bonchev–Trinajstić information content (AvgIpc) is 2.36. The lowest BCUT2D eigenvalue weighted by molar-refractivity contribution is 0.502. The topological polar surface area (TPSA) is 3.24 Å². The molecule has 1 aromatic carbocycles. The van der Waals surface area contributed by atoms with Gasteiger partial charge in [0.05, 0.1) is 0 Å². The number of hydrogen-bond donors (Lipinski definition) is 0. The zero-order valence-electron chi connectivity index (χ0n) is 12.4. The second-order valence-electron chi connectivity index (χ2n) is 4.86. The summed E-state index contributed by atoms with van der Waals surface area (Å²) in [5.41, 5.74) is 5.53. The summed E-state index contributed by atoms with van der Waals surface area (Å²) in [6.45, 7) is 14.9. The van der Waals surface area contributed by atoms with Crippen LogP contribution in [0.1, 0.15) is 41.7 Å². The smallest absolute Gasteiger partial charge is 0.135 e. The molecule has 0 heterocycles. The fourth-order valence-electron chi connectivity index (χ4n) is 2.43. The van der Waals surface area contributed by atoms with Gasteiger partial charge in [0.1, 0.15) is 5.82 Å². The summed E-state index contributed by atoms with van der Waals surface area (Å²) < 4.78 is 14.5. The first-order chi connectivity index (χ1) is 8.36. The van der Waals surface area contributed by atoms with E-state index in [1.807, 2.05) is 32.7 Å². The molecular formula is C16H24FN. The Hall–Kier alpha value is -1.31. The quantitative estimate of drug-likeness (QED) is 0.771. The Kier molecular flexibility index (Phi) is 4.55. The highest BCUT2D eigenvalue weighted by Gasteiger charge is 2.19. The molecule has 0 aliphatic heterocycles. The van der Waals surface area contributed by atoms with Crippen LogP contribution in [0.15, 0.2) is 6.58 Å².